The highest BCUT2D eigenvalue weighted by Gasteiger charge is 2.18. The molecule has 0 aliphatic carbocycles. The van der Waals surface area contributed by atoms with Crippen molar-refractivity contribution in [1.82, 2.24) is 15.5 Å². The third-order valence-corrected chi connectivity index (χ3v) is 4.67. The van der Waals surface area contributed by atoms with E-state index in [0.29, 0.717) is 24.4 Å². The first-order valence-corrected chi connectivity index (χ1v) is 9.16. The van der Waals surface area contributed by atoms with Crippen LogP contribution in [0, 0.1) is 0 Å². The number of methoxy groups -OCH3 is 1. The highest BCUT2D eigenvalue weighted by Crippen LogP contribution is 2.18. The van der Waals surface area contributed by atoms with Gasteiger partial charge in [-0.15, -0.1) is 0 Å². The number of ether oxygens (including phenoxy) is 1. The molecule has 0 fully saturated rings. The van der Waals surface area contributed by atoms with Gasteiger partial charge in [0.25, 0.3) is 5.91 Å². The number of amides is 1. The van der Waals surface area contributed by atoms with Crippen molar-refractivity contribution in [2.75, 3.05) is 33.8 Å². The molecule has 0 radical (unpaired) electrons. The summed E-state index contributed by atoms with van der Waals surface area (Å²) in [6.45, 7) is 2.92. The second-order valence-electron chi connectivity index (χ2n) is 6.40. The van der Waals surface area contributed by atoms with Gasteiger partial charge < -0.3 is 20.3 Å². The fraction of sp³-hybridized carbons (Fsp3) is 0.333. The third kappa shape index (κ3) is 4.78. The Morgan fingerprint density at radius 2 is 1.89 bits per heavy atom. The van der Waals surface area contributed by atoms with Crippen LogP contribution < -0.4 is 15.4 Å². The second kappa shape index (κ2) is 9.07. The van der Waals surface area contributed by atoms with Crippen molar-refractivity contribution in [2.24, 2.45) is 4.99 Å². The first-order chi connectivity index (χ1) is 13.2. The van der Waals surface area contributed by atoms with Crippen LogP contribution in [0.15, 0.2) is 53.5 Å². The van der Waals surface area contributed by atoms with Gasteiger partial charge in [-0.1, -0.05) is 30.3 Å². The molecule has 1 amide bonds. The van der Waals surface area contributed by atoms with Crippen LogP contribution in [-0.4, -0.2) is 50.6 Å². The van der Waals surface area contributed by atoms with E-state index >= 15 is 0 Å². The SMILES string of the molecule is CN=C(NCCNC(=O)c1cccc(OC)c1)N1CCc2ccccc2C1. The van der Waals surface area contributed by atoms with Gasteiger partial charge in [-0.25, -0.2) is 0 Å². The van der Waals surface area contributed by atoms with E-state index in [2.05, 4.69) is 44.8 Å². The van der Waals surface area contributed by atoms with Gasteiger partial charge in [0.15, 0.2) is 5.96 Å². The number of rotatable bonds is 5. The zero-order valence-corrected chi connectivity index (χ0v) is 15.9. The molecular weight excluding hydrogens is 340 g/mol. The number of nitrogens with zero attached hydrogens (tertiary/aromatic N) is 2. The van der Waals surface area contributed by atoms with Crippen LogP contribution in [0.3, 0.4) is 0 Å². The lowest BCUT2D eigenvalue weighted by atomic mass is 10.0. The maximum Gasteiger partial charge on any atom is 0.251 e. The summed E-state index contributed by atoms with van der Waals surface area (Å²) >= 11 is 0. The molecule has 0 saturated carbocycles. The van der Waals surface area contributed by atoms with E-state index < -0.39 is 0 Å². The number of aliphatic imine (C=N–C) groups is 1. The normalized spacial score (nSPS) is 13.7. The monoisotopic (exact) mass is 366 g/mol. The Morgan fingerprint density at radius 1 is 1.11 bits per heavy atom. The zero-order valence-electron chi connectivity index (χ0n) is 15.9. The molecule has 0 saturated heterocycles. The summed E-state index contributed by atoms with van der Waals surface area (Å²) in [5.41, 5.74) is 3.35. The molecule has 0 atom stereocenters. The molecule has 27 heavy (non-hydrogen) atoms. The molecule has 6 nitrogen and oxygen atoms in total. The topological polar surface area (TPSA) is 66.0 Å². The average molecular weight is 366 g/mol. The molecule has 1 heterocycles. The van der Waals surface area contributed by atoms with Gasteiger partial charge in [0, 0.05) is 38.8 Å². The number of fused-ring (bicyclic) bond motifs is 1. The number of benzene rings is 2. The van der Waals surface area contributed by atoms with Crippen molar-refractivity contribution in [2.45, 2.75) is 13.0 Å². The van der Waals surface area contributed by atoms with Crippen molar-refractivity contribution in [1.29, 1.82) is 0 Å². The van der Waals surface area contributed by atoms with E-state index in [9.17, 15) is 4.79 Å². The summed E-state index contributed by atoms with van der Waals surface area (Å²) < 4.78 is 5.16. The van der Waals surface area contributed by atoms with Crippen LogP contribution in [0.25, 0.3) is 0 Å². The van der Waals surface area contributed by atoms with Crippen molar-refractivity contribution < 1.29 is 9.53 Å². The minimum Gasteiger partial charge on any atom is -0.497 e. The number of carbonyl (C=O) groups is 1. The predicted molar refractivity (Wildman–Crippen MR) is 107 cm³/mol. The van der Waals surface area contributed by atoms with Crippen molar-refractivity contribution in [3.63, 3.8) is 0 Å². The summed E-state index contributed by atoms with van der Waals surface area (Å²) in [5, 5.41) is 6.25. The molecule has 6 heteroatoms. The Hall–Kier alpha value is -3.02. The first-order valence-electron chi connectivity index (χ1n) is 9.16. The predicted octanol–water partition coefficient (Wildman–Crippen LogP) is 2.06. The molecule has 2 aromatic rings. The fourth-order valence-corrected chi connectivity index (χ4v) is 3.23. The summed E-state index contributed by atoms with van der Waals surface area (Å²) in [7, 11) is 3.38. The quantitative estimate of drug-likeness (QED) is 0.483. The van der Waals surface area contributed by atoms with E-state index in [0.717, 1.165) is 25.5 Å². The number of hydrogen-bond donors (Lipinski definition) is 2. The zero-order chi connectivity index (χ0) is 19.1. The molecule has 142 valence electrons. The number of nitrogens with one attached hydrogen (secondary N) is 2. The second-order valence-corrected chi connectivity index (χ2v) is 6.40. The highest BCUT2D eigenvalue weighted by atomic mass is 16.5. The van der Waals surface area contributed by atoms with Crippen LogP contribution in [0.2, 0.25) is 0 Å². The largest absolute Gasteiger partial charge is 0.497 e. The van der Waals surface area contributed by atoms with Gasteiger partial charge in [0.05, 0.1) is 7.11 Å². The van der Waals surface area contributed by atoms with Crippen LogP contribution in [0.1, 0.15) is 21.5 Å². The summed E-state index contributed by atoms with van der Waals surface area (Å²) in [5.74, 6) is 1.42. The van der Waals surface area contributed by atoms with Gasteiger partial charge in [-0.05, 0) is 35.7 Å². The Morgan fingerprint density at radius 3 is 2.67 bits per heavy atom. The van der Waals surface area contributed by atoms with E-state index in [-0.39, 0.29) is 5.91 Å². The number of carbonyl (C=O) groups excluding carboxylic acids is 1. The van der Waals surface area contributed by atoms with E-state index in [4.69, 9.17) is 4.74 Å². The van der Waals surface area contributed by atoms with Crippen molar-refractivity contribution in [3.8, 4) is 5.75 Å². The van der Waals surface area contributed by atoms with E-state index in [1.807, 2.05) is 12.1 Å². The fourth-order valence-electron chi connectivity index (χ4n) is 3.23. The maximum absolute atomic E-state index is 12.2. The molecule has 0 spiro atoms. The molecule has 0 bridgehead atoms. The van der Waals surface area contributed by atoms with Gasteiger partial charge in [0.2, 0.25) is 0 Å². The lowest BCUT2D eigenvalue weighted by Gasteiger charge is -2.31. The molecule has 1 aliphatic heterocycles. The van der Waals surface area contributed by atoms with Crippen LogP contribution in [0.5, 0.6) is 5.75 Å². The first kappa shape index (κ1) is 18.8. The van der Waals surface area contributed by atoms with Crippen LogP contribution >= 0.6 is 0 Å². The summed E-state index contributed by atoms with van der Waals surface area (Å²) in [4.78, 5) is 18.9. The summed E-state index contributed by atoms with van der Waals surface area (Å²) in [6, 6.07) is 15.7. The number of guanidine groups is 1. The van der Waals surface area contributed by atoms with Crippen molar-refractivity contribution >= 4 is 11.9 Å². The lowest BCUT2D eigenvalue weighted by Crippen LogP contribution is -2.46. The molecule has 0 aromatic heterocycles. The van der Waals surface area contributed by atoms with E-state index in [1.165, 1.54) is 11.1 Å². The Kier molecular flexibility index (Phi) is 6.30. The average Bonchev–Trinajstić information content (AvgIpc) is 2.73. The van der Waals surface area contributed by atoms with Gasteiger partial charge in [-0.3, -0.25) is 9.79 Å². The lowest BCUT2D eigenvalue weighted by molar-refractivity contribution is 0.0954. The van der Waals surface area contributed by atoms with Gasteiger partial charge in [-0.2, -0.15) is 0 Å². The highest BCUT2D eigenvalue weighted by molar-refractivity contribution is 5.94. The number of hydrogen-bond acceptors (Lipinski definition) is 3. The molecular formula is C21H26N4O2. The Labute approximate surface area is 160 Å². The van der Waals surface area contributed by atoms with Gasteiger partial charge >= 0.3 is 0 Å². The minimum absolute atomic E-state index is 0.113. The maximum atomic E-state index is 12.2. The molecule has 2 aromatic carbocycles. The molecule has 0 unspecified atom stereocenters. The van der Waals surface area contributed by atoms with Crippen LogP contribution in [-0.2, 0) is 13.0 Å². The molecule has 3 rings (SSSR count). The smallest absolute Gasteiger partial charge is 0.251 e. The van der Waals surface area contributed by atoms with Gasteiger partial charge in [0.1, 0.15) is 5.75 Å². The van der Waals surface area contributed by atoms with E-state index in [1.54, 1.807) is 26.3 Å². The Balaban J connectivity index is 1.47. The third-order valence-electron chi connectivity index (χ3n) is 4.67. The molecule has 1 aliphatic rings. The standard InChI is InChI=1S/C21H26N4O2/c1-22-21(25-13-10-16-6-3-4-7-18(16)15-25)24-12-11-23-20(26)17-8-5-9-19(14-17)27-2/h3-9,14H,10-13,15H2,1-2H3,(H,22,24)(H,23,26). The minimum atomic E-state index is -0.113. The van der Waals surface area contributed by atoms with Crippen molar-refractivity contribution in [3.05, 3.63) is 65.2 Å². The summed E-state index contributed by atoms with van der Waals surface area (Å²) in [6.07, 6.45) is 1.02. The Bertz CT molecular complexity index is 819. The molecule has 2 N–H and O–H groups in total. The van der Waals surface area contributed by atoms with Crippen LogP contribution in [0.4, 0.5) is 0 Å².